The van der Waals surface area contributed by atoms with Gasteiger partial charge in [-0.3, -0.25) is 4.79 Å². The Labute approximate surface area is 97.2 Å². The zero-order valence-corrected chi connectivity index (χ0v) is 9.11. The normalized spacial score (nSPS) is 11.6. The van der Waals surface area contributed by atoms with E-state index in [9.17, 15) is 14.3 Å². The van der Waals surface area contributed by atoms with Crippen molar-refractivity contribution < 1.29 is 19.0 Å². The van der Waals surface area contributed by atoms with E-state index in [1.807, 2.05) is 0 Å². The lowest BCUT2D eigenvalue weighted by Crippen LogP contribution is -2.33. The second-order valence-corrected chi connectivity index (χ2v) is 3.42. The molecule has 90 valence electrons. The third-order valence-corrected chi connectivity index (χ3v) is 2.20. The first kappa shape index (κ1) is 12.9. The molecule has 1 aromatic rings. The van der Waals surface area contributed by atoms with Crippen molar-refractivity contribution in [3.8, 4) is 11.8 Å². The summed E-state index contributed by atoms with van der Waals surface area (Å²) in [6.45, 7) is 0. The lowest BCUT2D eigenvalue weighted by Gasteiger charge is -2.10. The van der Waals surface area contributed by atoms with Crippen LogP contribution >= 0.6 is 0 Å². The van der Waals surface area contributed by atoms with Crippen LogP contribution < -0.4 is 5.73 Å². The highest BCUT2D eigenvalue weighted by atomic mass is 19.1. The van der Waals surface area contributed by atoms with Gasteiger partial charge in [-0.25, -0.2) is 4.39 Å². The molecule has 1 aromatic carbocycles. The molecule has 0 radical (unpaired) electrons. The third-order valence-electron chi connectivity index (χ3n) is 2.20. The van der Waals surface area contributed by atoms with Gasteiger partial charge >= 0.3 is 5.97 Å². The van der Waals surface area contributed by atoms with Crippen LogP contribution in [-0.2, 0) is 16.0 Å². The van der Waals surface area contributed by atoms with Crippen LogP contribution in [0.1, 0.15) is 11.1 Å². The second-order valence-electron chi connectivity index (χ2n) is 3.42. The molecule has 1 rings (SSSR count). The molecule has 1 atom stereocenters. The fourth-order valence-corrected chi connectivity index (χ4v) is 1.35. The molecule has 0 bridgehead atoms. The molecule has 0 spiro atoms. The number of phenols is 1. The van der Waals surface area contributed by atoms with Gasteiger partial charge in [0.05, 0.1) is 12.7 Å². The number of hydrogen-bond donors (Lipinski definition) is 2. The average molecular weight is 238 g/mol. The summed E-state index contributed by atoms with van der Waals surface area (Å²) in [4.78, 5) is 11.1. The number of carbonyl (C=O) groups excluding carboxylic acids is 1. The van der Waals surface area contributed by atoms with Crippen LogP contribution in [0.2, 0.25) is 0 Å². The summed E-state index contributed by atoms with van der Waals surface area (Å²) >= 11 is 0. The minimum Gasteiger partial charge on any atom is -0.504 e. The van der Waals surface area contributed by atoms with Gasteiger partial charge in [0.25, 0.3) is 0 Å². The smallest absolute Gasteiger partial charge is 0.322 e. The molecular formula is C11H11FN2O3. The van der Waals surface area contributed by atoms with Gasteiger partial charge in [-0.15, -0.1) is 0 Å². The maximum absolute atomic E-state index is 13.2. The molecule has 0 aliphatic heterocycles. The zero-order valence-electron chi connectivity index (χ0n) is 9.11. The first-order valence-electron chi connectivity index (χ1n) is 4.74. The maximum Gasteiger partial charge on any atom is 0.322 e. The molecule has 1 unspecified atom stereocenters. The first-order chi connectivity index (χ1) is 7.99. The van der Waals surface area contributed by atoms with E-state index >= 15 is 0 Å². The molecule has 17 heavy (non-hydrogen) atoms. The number of aromatic hydroxyl groups is 1. The van der Waals surface area contributed by atoms with Crippen molar-refractivity contribution in [3.63, 3.8) is 0 Å². The SMILES string of the molecule is COC(=O)C(N)Cc1cc(F)c(O)c(C#N)c1. The third kappa shape index (κ3) is 2.92. The van der Waals surface area contributed by atoms with Crippen molar-refractivity contribution in [1.82, 2.24) is 0 Å². The molecule has 0 saturated heterocycles. The summed E-state index contributed by atoms with van der Waals surface area (Å²) in [6.07, 6.45) is 0.0263. The van der Waals surface area contributed by atoms with Gasteiger partial charge in [0.2, 0.25) is 0 Å². The van der Waals surface area contributed by atoms with Gasteiger partial charge in [0, 0.05) is 0 Å². The molecule has 0 aliphatic carbocycles. The predicted molar refractivity (Wildman–Crippen MR) is 56.5 cm³/mol. The van der Waals surface area contributed by atoms with Crippen LogP contribution in [0.25, 0.3) is 0 Å². The molecule has 0 fully saturated rings. The van der Waals surface area contributed by atoms with E-state index in [4.69, 9.17) is 11.0 Å². The number of phenolic OH excluding ortho intramolecular Hbond substituents is 1. The second kappa shape index (κ2) is 5.27. The minimum absolute atomic E-state index is 0.0263. The quantitative estimate of drug-likeness (QED) is 0.745. The Bertz CT molecular complexity index is 482. The highest BCUT2D eigenvalue weighted by Gasteiger charge is 2.17. The summed E-state index contributed by atoms with van der Waals surface area (Å²) < 4.78 is 17.6. The molecule has 5 nitrogen and oxygen atoms in total. The molecule has 0 saturated carbocycles. The van der Waals surface area contributed by atoms with Gasteiger partial charge in [-0.05, 0) is 24.1 Å². The number of ether oxygens (including phenoxy) is 1. The standard InChI is InChI=1S/C11H11FN2O3/c1-17-11(16)9(14)4-6-2-7(5-13)10(15)8(12)3-6/h2-3,9,15H,4,14H2,1H3. The zero-order chi connectivity index (χ0) is 13.0. The Hall–Kier alpha value is -2.13. The van der Waals surface area contributed by atoms with Crippen LogP contribution in [0.3, 0.4) is 0 Å². The van der Waals surface area contributed by atoms with E-state index in [1.165, 1.54) is 13.2 Å². The van der Waals surface area contributed by atoms with Crippen molar-refractivity contribution in [3.05, 3.63) is 29.1 Å². The van der Waals surface area contributed by atoms with Crippen molar-refractivity contribution in [2.45, 2.75) is 12.5 Å². The van der Waals surface area contributed by atoms with Gasteiger partial charge in [-0.2, -0.15) is 5.26 Å². The first-order valence-corrected chi connectivity index (χ1v) is 4.74. The molecule has 0 heterocycles. The number of nitrogens with two attached hydrogens (primary N) is 1. The lowest BCUT2D eigenvalue weighted by atomic mass is 10.0. The van der Waals surface area contributed by atoms with Crippen molar-refractivity contribution in [1.29, 1.82) is 5.26 Å². The Balaban J connectivity index is 2.98. The summed E-state index contributed by atoms with van der Waals surface area (Å²) in [5, 5.41) is 17.8. The fourth-order valence-electron chi connectivity index (χ4n) is 1.35. The lowest BCUT2D eigenvalue weighted by molar-refractivity contribution is -0.142. The summed E-state index contributed by atoms with van der Waals surface area (Å²) in [7, 11) is 1.19. The van der Waals surface area contributed by atoms with E-state index in [2.05, 4.69) is 4.74 Å². The molecule has 0 amide bonds. The highest BCUT2D eigenvalue weighted by molar-refractivity contribution is 5.75. The number of hydrogen-bond acceptors (Lipinski definition) is 5. The Morgan fingerprint density at radius 1 is 1.71 bits per heavy atom. The van der Waals surface area contributed by atoms with Crippen molar-refractivity contribution in [2.24, 2.45) is 5.73 Å². The topological polar surface area (TPSA) is 96.3 Å². The van der Waals surface area contributed by atoms with E-state index in [1.54, 1.807) is 6.07 Å². The number of esters is 1. The highest BCUT2D eigenvalue weighted by Crippen LogP contribution is 2.22. The molecule has 0 aliphatic rings. The maximum atomic E-state index is 13.2. The van der Waals surface area contributed by atoms with Gasteiger partial charge in [0.15, 0.2) is 11.6 Å². The van der Waals surface area contributed by atoms with Gasteiger partial charge in [0.1, 0.15) is 12.1 Å². The van der Waals surface area contributed by atoms with E-state index in [0.29, 0.717) is 5.56 Å². The van der Waals surface area contributed by atoms with Crippen LogP contribution in [0.15, 0.2) is 12.1 Å². The molecule has 3 N–H and O–H groups in total. The number of nitrogens with zero attached hydrogens (tertiary/aromatic N) is 1. The van der Waals surface area contributed by atoms with E-state index in [0.717, 1.165) is 6.07 Å². The minimum atomic E-state index is -0.935. The number of rotatable bonds is 3. The monoisotopic (exact) mass is 238 g/mol. The number of nitriles is 1. The largest absolute Gasteiger partial charge is 0.504 e. The summed E-state index contributed by atoms with van der Waals surface area (Å²) in [6, 6.07) is 3.02. The average Bonchev–Trinajstić information content (AvgIpc) is 2.32. The van der Waals surface area contributed by atoms with E-state index in [-0.39, 0.29) is 12.0 Å². The molecular weight excluding hydrogens is 227 g/mol. The Kier molecular flexibility index (Phi) is 4.01. The van der Waals surface area contributed by atoms with Crippen LogP contribution in [0.5, 0.6) is 5.75 Å². The van der Waals surface area contributed by atoms with Crippen LogP contribution in [-0.4, -0.2) is 24.2 Å². The van der Waals surface area contributed by atoms with Gasteiger partial charge < -0.3 is 15.6 Å². The molecule has 6 heteroatoms. The van der Waals surface area contributed by atoms with E-state index < -0.39 is 23.6 Å². The molecule has 0 aromatic heterocycles. The predicted octanol–water partition coefficient (Wildman–Crippen LogP) is 0.446. The van der Waals surface area contributed by atoms with Crippen LogP contribution in [0.4, 0.5) is 4.39 Å². The van der Waals surface area contributed by atoms with Crippen LogP contribution in [0, 0.1) is 17.1 Å². The number of methoxy groups -OCH3 is 1. The van der Waals surface area contributed by atoms with Gasteiger partial charge in [-0.1, -0.05) is 0 Å². The van der Waals surface area contributed by atoms with Crippen molar-refractivity contribution >= 4 is 5.97 Å². The number of carbonyl (C=O) groups is 1. The number of benzene rings is 1. The fraction of sp³-hybridized carbons (Fsp3) is 0.273. The van der Waals surface area contributed by atoms with Crippen molar-refractivity contribution in [2.75, 3.05) is 7.11 Å². The Morgan fingerprint density at radius 3 is 2.88 bits per heavy atom. The number of halogens is 1. The summed E-state index contributed by atoms with van der Waals surface area (Å²) in [5.41, 5.74) is 5.64. The summed E-state index contributed by atoms with van der Waals surface area (Å²) in [5.74, 6) is -2.25. The Morgan fingerprint density at radius 2 is 2.35 bits per heavy atom.